The van der Waals surface area contributed by atoms with Crippen LogP contribution in [0.3, 0.4) is 0 Å². The number of amides is 3. The molecule has 0 spiro atoms. The van der Waals surface area contributed by atoms with E-state index in [1.807, 2.05) is 11.4 Å². The molecule has 10 nitrogen and oxygen atoms in total. The number of aromatic nitrogens is 3. The molecule has 4 aromatic rings. The first-order chi connectivity index (χ1) is 18.5. The van der Waals surface area contributed by atoms with E-state index in [1.165, 1.54) is 24.3 Å². The number of nitrogens with zero attached hydrogens (tertiary/aromatic N) is 4. The van der Waals surface area contributed by atoms with Crippen LogP contribution >= 0.6 is 0 Å². The molecule has 0 bridgehead atoms. The summed E-state index contributed by atoms with van der Waals surface area (Å²) in [5.74, 6) is -1.87. The van der Waals surface area contributed by atoms with Gasteiger partial charge in [0.05, 0.1) is 16.8 Å². The van der Waals surface area contributed by atoms with Gasteiger partial charge in [-0.3, -0.25) is 4.79 Å². The van der Waals surface area contributed by atoms with Gasteiger partial charge in [0.15, 0.2) is 11.5 Å². The molecule has 0 saturated carbocycles. The van der Waals surface area contributed by atoms with Crippen molar-refractivity contribution in [3.05, 3.63) is 71.4 Å². The van der Waals surface area contributed by atoms with Crippen LogP contribution in [0.15, 0.2) is 48.8 Å². The van der Waals surface area contributed by atoms with E-state index in [9.17, 15) is 36.8 Å². The molecule has 3 amide bonds. The predicted octanol–water partition coefficient (Wildman–Crippen LogP) is 4.35. The lowest BCUT2D eigenvalue weighted by molar-refractivity contribution is -0.137. The van der Waals surface area contributed by atoms with Crippen LogP contribution in [-0.4, -0.2) is 39.8 Å². The lowest BCUT2D eigenvalue weighted by atomic mass is 10.00. The molecule has 0 aliphatic heterocycles. The molecule has 39 heavy (non-hydrogen) atoms. The minimum atomic E-state index is -4.73. The highest BCUT2D eigenvalue weighted by molar-refractivity contribution is 6.09. The van der Waals surface area contributed by atoms with Gasteiger partial charge in [0, 0.05) is 17.8 Å². The van der Waals surface area contributed by atoms with Gasteiger partial charge in [0.25, 0.3) is 5.91 Å². The van der Waals surface area contributed by atoms with Gasteiger partial charge in [-0.25, -0.2) is 23.1 Å². The van der Waals surface area contributed by atoms with E-state index in [2.05, 4.69) is 20.7 Å². The smallest absolute Gasteiger partial charge is 0.382 e. The number of halogens is 5. The molecule has 0 atom stereocenters. The Morgan fingerprint density at radius 1 is 1.10 bits per heavy atom. The van der Waals surface area contributed by atoms with Gasteiger partial charge < -0.3 is 21.7 Å². The Bertz CT molecular complexity index is 1610. The van der Waals surface area contributed by atoms with Gasteiger partial charge in [-0.2, -0.15) is 23.5 Å². The Kier molecular flexibility index (Phi) is 7.29. The van der Waals surface area contributed by atoms with Gasteiger partial charge in [-0.15, -0.1) is 0 Å². The molecule has 0 unspecified atom stereocenters. The van der Waals surface area contributed by atoms with E-state index in [0.29, 0.717) is 23.8 Å². The third-order valence-electron chi connectivity index (χ3n) is 5.44. The largest absolute Gasteiger partial charge is 0.416 e. The first kappa shape index (κ1) is 26.8. The summed E-state index contributed by atoms with van der Waals surface area (Å²) in [5.41, 5.74) is 4.69. The van der Waals surface area contributed by atoms with Crippen LogP contribution in [-0.2, 0) is 6.18 Å². The van der Waals surface area contributed by atoms with Crippen LogP contribution in [0.1, 0.15) is 21.6 Å². The second kappa shape index (κ2) is 10.6. The summed E-state index contributed by atoms with van der Waals surface area (Å²) in [7, 11) is 0. The quantitative estimate of drug-likeness (QED) is 0.265. The highest BCUT2D eigenvalue weighted by Crippen LogP contribution is 2.36. The average molecular weight is 544 g/mol. The van der Waals surface area contributed by atoms with Crippen molar-refractivity contribution in [2.75, 3.05) is 29.6 Å². The van der Waals surface area contributed by atoms with E-state index in [4.69, 9.17) is 5.73 Å². The monoisotopic (exact) mass is 544 g/mol. The summed E-state index contributed by atoms with van der Waals surface area (Å²) in [4.78, 5) is 29.1. The first-order valence-corrected chi connectivity index (χ1v) is 11.0. The summed E-state index contributed by atoms with van der Waals surface area (Å²) in [6.07, 6.45) is -3.64. The molecule has 0 fully saturated rings. The average Bonchev–Trinajstić information content (AvgIpc) is 3.24. The number of hydrogen-bond donors (Lipinski definition) is 4. The second-order valence-electron chi connectivity index (χ2n) is 7.91. The molecule has 4 rings (SSSR count). The third-order valence-corrected chi connectivity index (χ3v) is 5.44. The van der Waals surface area contributed by atoms with Crippen molar-refractivity contribution < 1.29 is 31.5 Å². The van der Waals surface area contributed by atoms with Gasteiger partial charge in [-0.1, -0.05) is 12.1 Å². The highest BCUT2D eigenvalue weighted by atomic mass is 19.4. The Hall–Kier alpha value is -5.26. The molecule has 0 radical (unpaired) electrons. The Morgan fingerprint density at radius 3 is 2.46 bits per heavy atom. The predicted molar refractivity (Wildman–Crippen MR) is 130 cm³/mol. The van der Waals surface area contributed by atoms with Crippen LogP contribution < -0.4 is 21.7 Å². The fourth-order valence-corrected chi connectivity index (χ4v) is 3.77. The van der Waals surface area contributed by atoms with Crippen LogP contribution in [0, 0.1) is 17.1 Å². The minimum Gasteiger partial charge on any atom is -0.382 e. The highest BCUT2D eigenvalue weighted by Gasteiger charge is 2.31. The Balaban J connectivity index is 1.65. The summed E-state index contributed by atoms with van der Waals surface area (Å²) >= 11 is 0. The number of nitrogens with one attached hydrogen (secondary N) is 3. The number of benzene rings is 2. The topological polar surface area (TPSA) is 150 Å². The number of anilines is 3. The molecule has 0 aliphatic rings. The van der Waals surface area contributed by atoms with Gasteiger partial charge in [-0.05, 0) is 35.9 Å². The number of rotatable bonds is 6. The standard InChI is InChI=1S/C24H17F5N8O2/c25-7-8-32-22(38)19-17(10-30)37-20(21(31)33-11-34-37)18(19)12-1-4-14(5-2-12)35-23(39)36-16-9-13(24(27,28)29)3-6-15(16)26/h1-6,9,11H,7-8H2,(H,32,38)(H2,31,33,34)(H2,35,36,39). The molecule has 15 heteroatoms. The summed E-state index contributed by atoms with van der Waals surface area (Å²) in [6.45, 7) is -1.15. The number of nitriles is 1. The van der Waals surface area contributed by atoms with Crippen LogP contribution in [0.4, 0.5) is 43.9 Å². The van der Waals surface area contributed by atoms with Gasteiger partial charge >= 0.3 is 12.2 Å². The lowest BCUT2D eigenvalue weighted by Crippen LogP contribution is -2.26. The van der Waals surface area contributed by atoms with Crippen molar-refractivity contribution >= 4 is 34.6 Å². The second-order valence-corrected chi connectivity index (χ2v) is 7.91. The number of hydrogen-bond acceptors (Lipinski definition) is 6. The molecular weight excluding hydrogens is 527 g/mol. The minimum absolute atomic E-state index is 0.0502. The zero-order chi connectivity index (χ0) is 28.3. The van der Waals surface area contributed by atoms with Crippen LogP contribution in [0.2, 0.25) is 0 Å². The van der Waals surface area contributed by atoms with Crippen molar-refractivity contribution in [3.8, 4) is 17.2 Å². The number of alkyl halides is 4. The summed E-state index contributed by atoms with van der Waals surface area (Å²) < 4.78 is 66.5. The maximum atomic E-state index is 14.0. The maximum absolute atomic E-state index is 14.0. The van der Waals surface area contributed by atoms with Gasteiger partial charge in [0.1, 0.15) is 30.4 Å². The van der Waals surface area contributed by atoms with E-state index < -0.39 is 41.9 Å². The molecule has 2 aromatic heterocycles. The summed E-state index contributed by atoms with van der Waals surface area (Å²) in [6, 6.07) is 8.14. The number of urea groups is 1. The molecule has 200 valence electrons. The Morgan fingerprint density at radius 2 is 1.82 bits per heavy atom. The number of nitrogen functional groups attached to an aromatic ring is 1. The number of carbonyl (C=O) groups excluding carboxylic acids is 2. The summed E-state index contributed by atoms with van der Waals surface area (Å²) in [5, 5.41) is 20.4. The number of carbonyl (C=O) groups is 2. The number of fused-ring (bicyclic) bond motifs is 1. The van der Waals surface area contributed by atoms with Gasteiger partial charge in [0.2, 0.25) is 0 Å². The first-order valence-electron chi connectivity index (χ1n) is 11.0. The third kappa shape index (κ3) is 5.39. The molecule has 0 saturated heterocycles. The maximum Gasteiger partial charge on any atom is 0.416 e. The SMILES string of the molecule is N#Cc1c(C(=O)NCCF)c(-c2ccc(NC(=O)Nc3cc(C(F)(F)F)ccc3F)cc2)c2c(N)ncnn12. The molecule has 0 aliphatic carbocycles. The van der Waals surface area contributed by atoms with E-state index in [1.54, 1.807) is 0 Å². The van der Waals surface area contributed by atoms with E-state index in [0.717, 1.165) is 10.8 Å². The number of nitrogens with two attached hydrogens (primary N) is 1. The van der Waals surface area contributed by atoms with Crippen LogP contribution in [0.5, 0.6) is 0 Å². The van der Waals surface area contributed by atoms with E-state index in [-0.39, 0.29) is 40.4 Å². The molecular formula is C24H17F5N8O2. The Labute approximate surface area is 216 Å². The fourth-order valence-electron chi connectivity index (χ4n) is 3.77. The van der Waals surface area contributed by atoms with E-state index >= 15 is 0 Å². The van der Waals surface area contributed by atoms with Crippen molar-refractivity contribution in [2.45, 2.75) is 6.18 Å². The zero-order valence-electron chi connectivity index (χ0n) is 19.6. The molecule has 2 aromatic carbocycles. The van der Waals surface area contributed by atoms with Crippen molar-refractivity contribution in [3.63, 3.8) is 0 Å². The van der Waals surface area contributed by atoms with Crippen molar-refractivity contribution in [1.29, 1.82) is 5.26 Å². The zero-order valence-corrected chi connectivity index (χ0v) is 19.6. The molecule has 2 heterocycles. The molecule has 5 N–H and O–H groups in total. The van der Waals surface area contributed by atoms with Crippen molar-refractivity contribution in [2.24, 2.45) is 0 Å². The normalized spacial score (nSPS) is 11.2. The lowest BCUT2D eigenvalue weighted by Gasteiger charge is -2.12. The van der Waals surface area contributed by atoms with Crippen molar-refractivity contribution in [1.82, 2.24) is 19.9 Å². The fraction of sp³-hybridized carbons (Fsp3) is 0.125. The van der Waals surface area contributed by atoms with Crippen LogP contribution in [0.25, 0.3) is 16.6 Å².